The number of rotatable bonds is 3. The number of benzene rings is 3. The van der Waals surface area contributed by atoms with Crippen LogP contribution in [0.2, 0.25) is 0 Å². The van der Waals surface area contributed by atoms with E-state index in [1.54, 1.807) is 0 Å². The predicted molar refractivity (Wildman–Crippen MR) is 119 cm³/mol. The van der Waals surface area contributed by atoms with Gasteiger partial charge in [-0.3, -0.25) is 4.79 Å². The lowest BCUT2D eigenvalue weighted by Gasteiger charge is -2.12. The van der Waals surface area contributed by atoms with E-state index in [0.717, 1.165) is 37.9 Å². The van der Waals surface area contributed by atoms with E-state index in [9.17, 15) is 4.79 Å². The van der Waals surface area contributed by atoms with Crippen molar-refractivity contribution < 1.29 is 4.79 Å². The monoisotopic (exact) mass is 430 g/mol. The Morgan fingerprint density at radius 3 is 2.36 bits per heavy atom. The topological polar surface area (TPSA) is 42.0 Å². The van der Waals surface area contributed by atoms with Crippen LogP contribution in [-0.2, 0) is 0 Å². The second kappa shape index (κ2) is 7.56. The zero-order valence-corrected chi connectivity index (χ0v) is 17.2. The van der Waals surface area contributed by atoms with Gasteiger partial charge in [0.05, 0.1) is 22.5 Å². The van der Waals surface area contributed by atoms with Crippen molar-refractivity contribution in [3.8, 4) is 11.3 Å². The van der Waals surface area contributed by atoms with Gasteiger partial charge in [-0.25, -0.2) is 4.98 Å². The van der Waals surface area contributed by atoms with E-state index in [-0.39, 0.29) is 5.91 Å². The lowest BCUT2D eigenvalue weighted by molar-refractivity contribution is 0.102. The SMILES string of the molecule is Cc1ccc(-c2cc(C(=O)Nc3ccc(C)cc3Br)c3ccccc3n2)cc1. The third-order valence-electron chi connectivity index (χ3n) is 4.68. The molecule has 0 aliphatic heterocycles. The number of nitrogens with one attached hydrogen (secondary N) is 1. The zero-order valence-electron chi connectivity index (χ0n) is 15.7. The number of hydrogen-bond donors (Lipinski definition) is 1. The van der Waals surface area contributed by atoms with E-state index in [4.69, 9.17) is 4.98 Å². The Bertz CT molecular complexity index is 1180. The number of anilines is 1. The first kappa shape index (κ1) is 18.4. The van der Waals surface area contributed by atoms with Crippen LogP contribution in [0.4, 0.5) is 5.69 Å². The van der Waals surface area contributed by atoms with Crippen LogP contribution in [0.1, 0.15) is 21.5 Å². The molecule has 28 heavy (non-hydrogen) atoms. The van der Waals surface area contributed by atoms with Crippen LogP contribution in [0.25, 0.3) is 22.2 Å². The number of para-hydroxylation sites is 1. The predicted octanol–water partition coefficient (Wildman–Crippen LogP) is 6.53. The summed E-state index contributed by atoms with van der Waals surface area (Å²) in [6.45, 7) is 4.07. The van der Waals surface area contributed by atoms with Crippen molar-refractivity contribution in [1.29, 1.82) is 0 Å². The summed E-state index contributed by atoms with van der Waals surface area (Å²) in [5.41, 5.74) is 6.23. The summed E-state index contributed by atoms with van der Waals surface area (Å²) >= 11 is 3.53. The van der Waals surface area contributed by atoms with Gasteiger partial charge in [-0.2, -0.15) is 0 Å². The van der Waals surface area contributed by atoms with Crippen LogP contribution < -0.4 is 5.32 Å². The third kappa shape index (κ3) is 3.69. The average molecular weight is 431 g/mol. The molecule has 0 bridgehead atoms. The number of fused-ring (bicyclic) bond motifs is 1. The maximum atomic E-state index is 13.1. The molecule has 4 heteroatoms. The zero-order chi connectivity index (χ0) is 19.7. The van der Waals surface area contributed by atoms with Gasteiger partial charge in [-0.1, -0.05) is 54.1 Å². The minimum Gasteiger partial charge on any atom is -0.321 e. The molecule has 4 aromatic rings. The fourth-order valence-electron chi connectivity index (χ4n) is 3.15. The molecule has 138 valence electrons. The summed E-state index contributed by atoms with van der Waals surface area (Å²) in [7, 11) is 0. The summed E-state index contributed by atoms with van der Waals surface area (Å²) in [4.78, 5) is 17.9. The van der Waals surface area contributed by atoms with Gasteiger partial charge >= 0.3 is 0 Å². The van der Waals surface area contributed by atoms with Gasteiger partial charge in [0.25, 0.3) is 5.91 Å². The van der Waals surface area contributed by atoms with Crippen LogP contribution in [-0.4, -0.2) is 10.9 Å². The van der Waals surface area contributed by atoms with E-state index in [2.05, 4.69) is 40.3 Å². The fourth-order valence-corrected chi connectivity index (χ4v) is 3.74. The summed E-state index contributed by atoms with van der Waals surface area (Å²) in [5, 5.41) is 3.85. The normalized spacial score (nSPS) is 10.8. The molecule has 0 atom stereocenters. The molecule has 4 rings (SSSR count). The summed E-state index contributed by atoms with van der Waals surface area (Å²) in [5.74, 6) is -0.156. The van der Waals surface area contributed by atoms with Crippen molar-refractivity contribution in [1.82, 2.24) is 4.98 Å². The Morgan fingerprint density at radius 1 is 0.893 bits per heavy atom. The van der Waals surface area contributed by atoms with Crippen molar-refractivity contribution >= 4 is 38.4 Å². The van der Waals surface area contributed by atoms with Crippen molar-refractivity contribution in [3.63, 3.8) is 0 Å². The highest BCUT2D eigenvalue weighted by molar-refractivity contribution is 9.10. The molecule has 3 aromatic carbocycles. The molecule has 0 unspecified atom stereocenters. The first-order valence-corrected chi connectivity index (χ1v) is 9.85. The molecule has 0 spiro atoms. The summed E-state index contributed by atoms with van der Waals surface area (Å²) in [6.07, 6.45) is 0. The second-order valence-corrected chi connectivity index (χ2v) is 7.73. The largest absolute Gasteiger partial charge is 0.321 e. The molecule has 1 amide bonds. The van der Waals surface area contributed by atoms with Gasteiger partial charge in [-0.05, 0) is 59.6 Å². The fraction of sp³-hybridized carbons (Fsp3) is 0.0833. The Kier molecular flexibility index (Phi) is 4.97. The summed E-state index contributed by atoms with van der Waals surface area (Å²) in [6, 6.07) is 23.6. The van der Waals surface area contributed by atoms with Crippen LogP contribution in [0.5, 0.6) is 0 Å². The van der Waals surface area contributed by atoms with Crippen molar-refractivity contribution in [2.24, 2.45) is 0 Å². The number of nitrogens with zero attached hydrogens (tertiary/aromatic N) is 1. The van der Waals surface area contributed by atoms with E-state index in [1.165, 1.54) is 5.56 Å². The van der Waals surface area contributed by atoms with E-state index in [0.29, 0.717) is 5.56 Å². The summed E-state index contributed by atoms with van der Waals surface area (Å²) < 4.78 is 0.859. The maximum absolute atomic E-state index is 13.1. The molecule has 3 nitrogen and oxygen atoms in total. The quantitative estimate of drug-likeness (QED) is 0.401. The molecule has 1 N–H and O–H groups in total. The van der Waals surface area contributed by atoms with Gasteiger partial charge in [0.15, 0.2) is 0 Å². The lowest BCUT2D eigenvalue weighted by Crippen LogP contribution is -2.13. The number of hydrogen-bond acceptors (Lipinski definition) is 2. The Balaban J connectivity index is 1.80. The molecule has 0 aliphatic rings. The second-order valence-electron chi connectivity index (χ2n) is 6.88. The number of carbonyl (C=O) groups is 1. The molecule has 0 fully saturated rings. The number of amides is 1. The molecular formula is C24H19BrN2O. The maximum Gasteiger partial charge on any atom is 0.256 e. The van der Waals surface area contributed by atoms with Gasteiger partial charge in [0, 0.05) is 15.4 Å². The highest BCUT2D eigenvalue weighted by atomic mass is 79.9. The molecule has 1 aromatic heterocycles. The number of aromatic nitrogens is 1. The highest BCUT2D eigenvalue weighted by Crippen LogP contribution is 2.28. The van der Waals surface area contributed by atoms with Crippen molar-refractivity contribution in [2.75, 3.05) is 5.32 Å². The minimum atomic E-state index is -0.156. The van der Waals surface area contributed by atoms with Crippen molar-refractivity contribution in [2.45, 2.75) is 13.8 Å². The smallest absolute Gasteiger partial charge is 0.256 e. The molecular weight excluding hydrogens is 412 g/mol. The number of carbonyl (C=O) groups excluding carboxylic acids is 1. The third-order valence-corrected chi connectivity index (χ3v) is 5.34. The Morgan fingerprint density at radius 2 is 1.61 bits per heavy atom. The van der Waals surface area contributed by atoms with Gasteiger partial charge < -0.3 is 5.32 Å². The van der Waals surface area contributed by atoms with Crippen LogP contribution in [0.15, 0.2) is 77.3 Å². The molecule has 1 heterocycles. The molecule has 0 aliphatic carbocycles. The van der Waals surface area contributed by atoms with E-state index in [1.807, 2.05) is 67.6 Å². The van der Waals surface area contributed by atoms with Crippen LogP contribution in [0, 0.1) is 13.8 Å². The van der Waals surface area contributed by atoms with Gasteiger partial charge in [0.1, 0.15) is 0 Å². The number of pyridine rings is 1. The number of halogens is 1. The highest BCUT2D eigenvalue weighted by Gasteiger charge is 2.15. The van der Waals surface area contributed by atoms with Crippen molar-refractivity contribution in [3.05, 3.63) is 94.0 Å². The first-order chi connectivity index (χ1) is 13.5. The van der Waals surface area contributed by atoms with Gasteiger partial charge in [-0.15, -0.1) is 0 Å². The standard InChI is InChI=1S/C24H19BrN2O/c1-15-7-10-17(11-8-15)23-14-19(18-5-3-4-6-21(18)26-23)24(28)27-22-12-9-16(2)13-20(22)25/h3-14H,1-2H3,(H,27,28). The minimum absolute atomic E-state index is 0.156. The van der Waals surface area contributed by atoms with Crippen LogP contribution in [0.3, 0.4) is 0 Å². The molecule has 0 radical (unpaired) electrons. The molecule has 0 saturated heterocycles. The Labute approximate surface area is 172 Å². The van der Waals surface area contributed by atoms with Gasteiger partial charge in [0.2, 0.25) is 0 Å². The van der Waals surface area contributed by atoms with E-state index >= 15 is 0 Å². The Hall–Kier alpha value is -2.98. The molecule has 0 saturated carbocycles. The number of aryl methyl sites for hydroxylation is 2. The lowest BCUT2D eigenvalue weighted by atomic mass is 10.0. The van der Waals surface area contributed by atoms with E-state index < -0.39 is 0 Å². The van der Waals surface area contributed by atoms with Crippen LogP contribution >= 0.6 is 15.9 Å². The average Bonchev–Trinajstić information content (AvgIpc) is 2.69. The first-order valence-electron chi connectivity index (χ1n) is 9.05.